The Labute approximate surface area is 245 Å². The number of hydrogen-bond donors (Lipinski definition) is 1. The van der Waals surface area contributed by atoms with Crippen molar-refractivity contribution in [1.82, 2.24) is 0 Å². The Bertz CT molecular complexity index is 1950. The fraction of sp³-hybridized carbons (Fsp3) is 0.0526. The van der Waals surface area contributed by atoms with E-state index in [2.05, 4.69) is 60.7 Å². The van der Waals surface area contributed by atoms with Crippen LogP contribution in [0.5, 0.6) is 0 Å². The van der Waals surface area contributed by atoms with Gasteiger partial charge < -0.3 is 10.2 Å². The highest BCUT2D eigenvalue weighted by molar-refractivity contribution is 6.21. The van der Waals surface area contributed by atoms with E-state index in [9.17, 15) is 0 Å². The SMILES string of the molecule is CC(=C\C=C/c1ccccc1)/C(=N/Cc1ccccc1)/N=C(\N)c1cc(-c2ccccc2)cc2oc3ccccc3c12. The molecule has 0 saturated heterocycles. The molecule has 0 saturated carbocycles. The number of allylic oxidation sites excluding steroid dienone is 2. The summed E-state index contributed by atoms with van der Waals surface area (Å²) in [4.78, 5) is 9.88. The van der Waals surface area contributed by atoms with Crippen molar-refractivity contribution in [1.29, 1.82) is 0 Å². The van der Waals surface area contributed by atoms with E-state index in [1.807, 2.05) is 91.9 Å². The number of nitrogens with two attached hydrogens (primary N) is 1. The maximum Gasteiger partial charge on any atom is 0.152 e. The van der Waals surface area contributed by atoms with E-state index in [-0.39, 0.29) is 0 Å². The van der Waals surface area contributed by atoms with Crippen molar-refractivity contribution in [3.05, 3.63) is 162 Å². The molecular weight excluding hydrogens is 514 g/mol. The van der Waals surface area contributed by atoms with Gasteiger partial charge in [0.05, 0.1) is 6.54 Å². The van der Waals surface area contributed by atoms with Gasteiger partial charge in [-0.3, -0.25) is 4.99 Å². The molecule has 5 aromatic carbocycles. The highest BCUT2D eigenvalue weighted by Crippen LogP contribution is 2.35. The first-order valence-corrected chi connectivity index (χ1v) is 14.0. The van der Waals surface area contributed by atoms with Gasteiger partial charge in [0.1, 0.15) is 17.0 Å². The summed E-state index contributed by atoms with van der Waals surface area (Å²) in [5.41, 5.74) is 14.5. The molecule has 0 bridgehead atoms. The molecule has 0 spiro atoms. The number of rotatable bonds is 7. The van der Waals surface area contributed by atoms with Crippen molar-refractivity contribution in [2.45, 2.75) is 13.5 Å². The van der Waals surface area contributed by atoms with E-state index in [0.29, 0.717) is 18.2 Å². The average Bonchev–Trinajstić information content (AvgIpc) is 3.42. The summed E-state index contributed by atoms with van der Waals surface area (Å²) >= 11 is 0. The van der Waals surface area contributed by atoms with Crippen molar-refractivity contribution in [2.24, 2.45) is 15.7 Å². The van der Waals surface area contributed by atoms with Gasteiger partial charge in [0.2, 0.25) is 0 Å². The number of fused-ring (bicyclic) bond motifs is 3. The lowest BCUT2D eigenvalue weighted by Crippen LogP contribution is -2.17. The average molecular weight is 546 g/mol. The molecule has 204 valence electrons. The molecule has 6 rings (SSSR count). The fourth-order valence-electron chi connectivity index (χ4n) is 4.97. The molecule has 0 amide bonds. The lowest BCUT2D eigenvalue weighted by atomic mass is 9.98. The Morgan fingerprint density at radius 3 is 2.17 bits per heavy atom. The molecule has 0 fully saturated rings. The zero-order valence-corrected chi connectivity index (χ0v) is 23.4. The number of benzene rings is 5. The summed E-state index contributed by atoms with van der Waals surface area (Å²) in [5, 5.41) is 1.95. The van der Waals surface area contributed by atoms with Gasteiger partial charge in [-0.2, -0.15) is 0 Å². The number of para-hydroxylation sites is 1. The summed E-state index contributed by atoms with van der Waals surface area (Å²) in [6, 6.07) is 42.8. The number of nitrogens with zero attached hydrogens (tertiary/aromatic N) is 2. The van der Waals surface area contributed by atoms with Crippen molar-refractivity contribution in [3.8, 4) is 11.1 Å². The molecule has 1 aromatic heterocycles. The van der Waals surface area contributed by atoms with Crippen LogP contribution in [0.15, 0.2) is 160 Å². The number of amidine groups is 2. The topological polar surface area (TPSA) is 63.9 Å². The van der Waals surface area contributed by atoms with Crippen LogP contribution >= 0.6 is 0 Å². The highest BCUT2D eigenvalue weighted by atomic mass is 16.3. The van der Waals surface area contributed by atoms with Crippen LogP contribution in [0.3, 0.4) is 0 Å². The van der Waals surface area contributed by atoms with Crippen LogP contribution in [-0.2, 0) is 6.54 Å². The van der Waals surface area contributed by atoms with Crippen LogP contribution in [0.1, 0.15) is 23.6 Å². The van der Waals surface area contributed by atoms with E-state index >= 15 is 0 Å². The Morgan fingerprint density at radius 2 is 1.40 bits per heavy atom. The van der Waals surface area contributed by atoms with E-state index < -0.39 is 0 Å². The Hall–Kier alpha value is -5.48. The van der Waals surface area contributed by atoms with Gasteiger partial charge in [0, 0.05) is 16.3 Å². The first-order chi connectivity index (χ1) is 20.7. The lowest BCUT2D eigenvalue weighted by molar-refractivity contribution is 0.669. The standard InChI is InChI=1S/C38H31N3O/c1-27(14-13-19-28-15-5-2-6-16-28)38(40-26-29-17-7-3-8-18-29)41-37(39)33-24-31(30-20-9-4-10-21-30)25-35-36(33)32-22-11-12-23-34(32)42-35/h2-25H,26H2,1H3,(H2,39,40,41)/b19-13-,27-14+. The molecule has 2 N–H and O–H groups in total. The van der Waals surface area contributed by atoms with Crippen molar-refractivity contribution >= 4 is 39.7 Å². The molecule has 0 unspecified atom stereocenters. The van der Waals surface area contributed by atoms with Gasteiger partial charge in [-0.1, -0.05) is 127 Å². The summed E-state index contributed by atoms with van der Waals surface area (Å²) in [5.74, 6) is 0.969. The number of hydrogen-bond acceptors (Lipinski definition) is 2. The second-order valence-electron chi connectivity index (χ2n) is 10.1. The largest absolute Gasteiger partial charge is 0.456 e. The molecule has 0 aliphatic rings. The number of aliphatic imine (C=N–C) groups is 2. The minimum atomic E-state index is 0.385. The smallest absolute Gasteiger partial charge is 0.152 e. The second kappa shape index (κ2) is 12.4. The maximum absolute atomic E-state index is 6.87. The fourth-order valence-corrected chi connectivity index (χ4v) is 4.97. The van der Waals surface area contributed by atoms with Crippen LogP contribution in [0.4, 0.5) is 0 Å². The molecular formula is C38H31N3O. The Balaban J connectivity index is 1.47. The zero-order chi connectivity index (χ0) is 28.7. The van der Waals surface area contributed by atoms with Gasteiger partial charge in [0.15, 0.2) is 5.84 Å². The van der Waals surface area contributed by atoms with Gasteiger partial charge >= 0.3 is 0 Å². The van der Waals surface area contributed by atoms with Crippen molar-refractivity contribution in [3.63, 3.8) is 0 Å². The van der Waals surface area contributed by atoms with E-state index in [1.54, 1.807) is 0 Å². The molecule has 6 aromatic rings. The summed E-state index contributed by atoms with van der Waals surface area (Å²) in [7, 11) is 0. The third-order valence-electron chi connectivity index (χ3n) is 7.13. The molecule has 0 aliphatic carbocycles. The number of furan rings is 1. The first kappa shape index (κ1) is 26.7. The minimum Gasteiger partial charge on any atom is -0.456 e. The van der Waals surface area contributed by atoms with Crippen LogP contribution in [0, 0.1) is 0 Å². The van der Waals surface area contributed by atoms with Crippen LogP contribution < -0.4 is 5.73 Å². The predicted octanol–water partition coefficient (Wildman–Crippen LogP) is 9.22. The third kappa shape index (κ3) is 5.98. The van der Waals surface area contributed by atoms with Crippen molar-refractivity contribution in [2.75, 3.05) is 0 Å². The Kier molecular flexibility index (Phi) is 7.87. The molecule has 4 heteroatoms. The van der Waals surface area contributed by atoms with E-state index in [1.165, 1.54) is 0 Å². The monoisotopic (exact) mass is 545 g/mol. The predicted molar refractivity (Wildman–Crippen MR) is 177 cm³/mol. The minimum absolute atomic E-state index is 0.385. The molecule has 0 aliphatic heterocycles. The Morgan fingerprint density at radius 1 is 0.738 bits per heavy atom. The highest BCUT2D eigenvalue weighted by Gasteiger charge is 2.17. The third-order valence-corrected chi connectivity index (χ3v) is 7.13. The van der Waals surface area contributed by atoms with E-state index in [0.717, 1.165) is 55.3 Å². The van der Waals surface area contributed by atoms with E-state index in [4.69, 9.17) is 20.1 Å². The molecule has 0 radical (unpaired) electrons. The molecule has 4 nitrogen and oxygen atoms in total. The lowest BCUT2D eigenvalue weighted by Gasteiger charge is -2.09. The van der Waals surface area contributed by atoms with Crippen LogP contribution in [-0.4, -0.2) is 11.7 Å². The summed E-state index contributed by atoms with van der Waals surface area (Å²) in [6.07, 6.45) is 6.11. The maximum atomic E-state index is 6.87. The van der Waals surface area contributed by atoms with Crippen LogP contribution in [0.2, 0.25) is 0 Å². The van der Waals surface area contributed by atoms with Gasteiger partial charge in [-0.05, 0) is 52.9 Å². The summed E-state index contributed by atoms with van der Waals surface area (Å²) < 4.78 is 6.30. The van der Waals surface area contributed by atoms with Gasteiger partial charge in [-0.15, -0.1) is 0 Å². The van der Waals surface area contributed by atoms with Crippen LogP contribution in [0.25, 0.3) is 39.1 Å². The molecule has 0 atom stereocenters. The normalized spacial score (nSPS) is 12.9. The zero-order valence-electron chi connectivity index (χ0n) is 23.4. The second-order valence-corrected chi connectivity index (χ2v) is 10.1. The summed E-state index contributed by atoms with van der Waals surface area (Å²) in [6.45, 7) is 2.51. The molecule has 1 heterocycles. The van der Waals surface area contributed by atoms with Crippen molar-refractivity contribution < 1.29 is 4.42 Å². The molecule has 42 heavy (non-hydrogen) atoms. The van der Waals surface area contributed by atoms with Gasteiger partial charge in [-0.25, -0.2) is 4.99 Å². The first-order valence-electron chi connectivity index (χ1n) is 14.0. The van der Waals surface area contributed by atoms with Gasteiger partial charge in [0.25, 0.3) is 0 Å². The quantitative estimate of drug-likeness (QED) is 0.123.